The fourth-order valence-corrected chi connectivity index (χ4v) is 3.28. The van der Waals surface area contributed by atoms with Crippen molar-refractivity contribution in [2.24, 2.45) is 5.73 Å². The fourth-order valence-electron chi connectivity index (χ4n) is 3.28. The molecule has 14 nitrogen and oxygen atoms in total. The maximum atomic E-state index is 5.48. The predicted molar refractivity (Wildman–Crippen MR) is 169 cm³/mol. The molecule has 0 saturated heterocycles. The number of hydrogen-bond acceptors (Lipinski definition) is 14. The van der Waals surface area contributed by atoms with E-state index < -0.39 is 0 Å². The molecule has 0 aromatic heterocycles. The highest BCUT2D eigenvalue weighted by Crippen LogP contribution is 1.94. The van der Waals surface area contributed by atoms with E-state index in [9.17, 15) is 0 Å². The quantitative estimate of drug-likeness (QED) is 0.0941. The molecule has 0 aliphatic carbocycles. The van der Waals surface area contributed by atoms with Crippen LogP contribution in [0.25, 0.3) is 0 Å². The summed E-state index contributed by atoms with van der Waals surface area (Å²) >= 11 is 0. The third kappa shape index (κ3) is 43.4. The molecule has 0 aromatic rings. The molecule has 0 aromatic carbocycles. The highest BCUT2D eigenvalue weighted by molar-refractivity contribution is 4.40. The van der Waals surface area contributed by atoms with Crippen LogP contribution in [0.5, 0.6) is 0 Å². The number of hydrogen-bond donors (Lipinski definition) is 1. The Morgan fingerprint density at radius 3 is 0.600 bits per heavy atom. The van der Waals surface area contributed by atoms with Gasteiger partial charge in [0.2, 0.25) is 0 Å². The molecule has 0 spiro atoms. The molecule has 0 bridgehead atoms. The van der Waals surface area contributed by atoms with Gasteiger partial charge in [0.15, 0.2) is 0 Å². The Morgan fingerprint density at radius 1 is 0.244 bits per heavy atom. The largest absolute Gasteiger partial charge is 0.379 e. The Hall–Kier alpha value is -0.560. The van der Waals surface area contributed by atoms with Gasteiger partial charge < -0.3 is 67.3 Å². The molecule has 0 heterocycles. The zero-order valence-corrected chi connectivity index (χ0v) is 28.1. The molecule has 45 heavy (non-hydrogen) atoms. The van der Waals surface area contributed by atoms with E-state index in [1.165, 1.54) is 12.8 Å². The maximum Gasteiger partial charge on any atom is 0.0701 e. The van der Waals surface area contributed by atoms with Gasteiger partial charge in [0.25, 0.3) is 0 Å². The van der Waals surface area contributed by atoms with Gasteiger partial charge in [-0.15, -0.1) is 0 Å². The number of ether oxygens (including phenoxy) is 13. The van der Waals surface area contributed by atoms with Crippen LogP contribution in [0.1, 0.15) is 26.2 Å². The van der Waals surface area contributed by atoms with Gasteiger partial charge in [-0.05, 0) is 6.42 Å². The van der Waals surface area contributed by atoms with E-state index in [1.807, 2.05) is 0 Å². The summed E-state index contributed by atoms with van der Waals surface area (Å²) in [5, 5.41) is 0. The van der Waals surface area contributed by atoms with Gasteiger partial charge >= 0.3 is 0 Å². The minimum Gasteiger partial charge on any atom is -0.379 e. The van der Waals surface area contributed by atoms with Gasteiger partial charge in [0.05, 0.1) is 165 Å². The third-order valence-corrected chi connectivity index (χ3v) is 5.62. The first-order chi connectivity index (χ1) is 22.4. The number of rotatable bonds is 42. The molecular weight excluding hydrogens is 594 g/mol. The van der Waals surface area contributed by atoms with Crippen molar-refractivity contribution in [2.75, 3.05) is 178 Å². The van der Waals surface area contributed by atoms with E-state index in [4.69, 9.17) is 67.3 Å². The van der Waals surface area contributed by atoms with Gasteiger partial charge in [0, 0.05) is 13.2 Å². The topological polar surface area (TPSA) is 146 Å². The highest BCUT2D eigenvalue weighted by atomic mass is 16.6. The van der Waals surface area contributed by atoms with Crippen molar-refractivity contribution in [2.45, 2.75) is 26.2 Å². The standard InChI is InChI=1S/C31H65NO13/c1-2-3-4-6-33-8-10-35-12-14-37-16-18-39-20-22-41-24-26-43-28-30-45-31-29-44-27-25-42-23-21-40-19-17-38-15-13-36-11-9-34-7-5-32/h2-32H2,1H3. The van der Waals surface area contributed by atoms with E-state index in [0.717, 1.165) is 13.0 Å². The van der Waals surface area contributed by atoms with E-state index in [1.54, 1.807) is 0 Å². The Labute approximate surface area is 272 Å². The highest BCUT2D eigenvalue weighted by Gasteiger charge is 1.97. The van der Waals surface area contributed by atoms with Crippen molar-refractivity contribution in [3.05, 3.63) is 0 Å². The van der Waals surface area contributed by atoms with Gasteiger partial charge in [-0.25, -0.2) is 0 Å². The van der Waals surface area contributed by atoms with Crippen LogP contribution in [0, 0.1) is 0 Å². The second-order valence-corrected chi connectivity index (χ2v) is 9.46. The molecule has 0 amide bonds. The van der Waals surface area contributed by atoms with Crippen molar-refractivity contribution in [1.29, 1.82) is 0 Å². The minimum atomic E-state index is 0.512. The van der Waals surface area contributed by atoms with Crippen LogP contribution in [0.4, 0.5) is 0 Å². The summed E-state index contributed by atoms with van der Waals surface area (Å²) < 4.78 is 70.7. The smallest absolute Gasteiger partial charge is 0.0701 e. The Kier molecular flexibility index (Phi) is 42.9. The van der Waals surface area contributed by atoms with Crippen molar-refractivity contribution >= 4 is 0 Å². The number of unbranched alkanes of at least 4 members (excludes halogenated alkanes) is 2. The van der Waals surface area contributed by atoms with Crippen LogP contribution in [0.2, 0.25) is 0 Å². The Balaban J connectivity index is 3.03. The van der Waals surface area contributed by atoms with Crippen LogP contribution in [-0.4, -0.2) is 178 Å². The van der Waals surface area contributed by atoms with Crippen molar-refractivity contribution < 1.29 is 61.6 Å². The monoisotopic (exact) mass is 659 g/mol. The first-order valence-electron chi connectivity index (χ1n) is 16.6. The van der Waals surface area contributed by atoms with Gasteiger partial charge in [0.1, 0.15) is 0 Å². The molecule has 0 aliphatic heterocycles. The molecule has 0 radical (unpaired) electrons. The molecule has 0 rings (SSSR count). The summed E-state index contributed by atoms with van der Waals surface area (Å²) in [5.74, 6) is 0. The van der Waals surface area contributed by atoms with Gasteiger partial charge in [-0.3, -0.25) is 0 Å². The van der Waals surface area contributed by atoms with Crippen molar-refractivity contribution in [3.8, 4) is 0 Å². The van der Waals surface area contributed by atoms with E-state index >= 15 is 0 Å². The lowest BCUT2D eigenvalue weighted by molar-refractivity contribution is -0.0290. The molecule has 0 fully saturated rings. The lowest BCUT2D eigenvalue weighted by atomic mass is 10.3. The van der Waals surface area contributed by atoms with Crippen LogP contribution >= 0.6 is 0 Å². The summed E-state index contributed by atoms with van der Waals surface area (Å²) in [7, 11) is 0. The Bertz CT molecular complexity index is 470. The summed E-state index contributed by atoms with van der Waals surface area (Å²) in [4.78, 5) is 0. The summed E-state index contributed by atoms with van der Waals surface area (Å²) in [6.45, 7) is 16.9. The molecular formula is C31H65NO13. The van der Waals surface area contributed by atoms with Crippen LogP contribution in [-0.2, 0) is 61.6 Å². The van der Waals surface area contributed by atoms with E-state index in [0.29, 0.717) is 172 Å². The van der Waals surface area contributed by atoms with Crippen LogP contribution in [0.3, 0.4) is 0 Å². The average Bonchev–Trinajstić information content (AvgIpc) is 3.05. The molecule has 0 unspecified atom stereocenters. The van der Waals surface area contributed by atoms with Crippen molar-refractivity contribution in [1.82, 2.24) is 0 Å². The molecule has 0 atom stereocenters. The van der Waals surface area contributed by atoms with E-state index in [2.05, 4.69) is 6.92 Å². The SMILES string of the molecule is CCCCCOCCOCCOCCOCCOCCOCCOCCOCCOCCOCCOCCOCCOCCN. The van der Waals surface area contributed by atoms with Gasteiger partial charge in [-0.1, -0.05) is 19.8 Å². The van der Waals surface area contributed by atoms with Crippen LogP contribution in [0.15, 0.2) is 0 Å². The zero-order valence-electron chi connectivity index (χ0n) is 28.1. The normalized spacial score (nSPS) is 11.6. The molecule has 2 N–H and O–H groups in total. The number of nitrogens with two attached hydrogens (primary N) is 1. The molecule has 0 aliphatic rings. The second-order valence-electron chi connectivity index (χ2n) is 9.46. The third-order valence-electron chi connectivity index (χ3n) is 5.62. The van der Waals surface area contributed by atoms with E-state index in [-0.39, 0.29) is 0 Å². The minimum absolute atomic E-state index is 0.512. The summed E-state index contributed by atoms with van der Waals surface area (Å²) in [5.41, 5.74) is 5.33. The predicted octanol–water partition coefficient (Wildman–Crippen LogP) is 1.35. The van der Waals surface area contributed by atoms with Gasteiger partial charge in [-0.2, -0.15) is 0 Å². The van der Waals surface area contributed by atoms with Crippen molar-refractivity contribution in [3.63, 3.8) is 0 Å². The summed E-state index contributed by atoms with van der Waals surface area (Å²) in [6, 6.07) is 0. The Morgan fingerprint density at radius 2 is 0.422 bits per heavy atom. The lowest BCUT2D eigenvalue weighted by Gasteiger charge is -2.09. The zero-order chi connectivity index (χ0) is 32.4. The molecule has 0 saturated carbocycles. The molecule has 272 valence electrons. The maximum absolute atomic E-state index is 5.48. The van der Waals surface area contributed by atoms with Crippen LogP contribution < -0.4 is 5.73 Å². The lowest BCUT2D eigenvalue weighted by Crippen LogP contribution is -2.16. The second kappa shape index (κ2) is 43.4. The molecule has 14 heteroatoms. The first-order valence-corrected chi connectivity index (χ1v) is 16.6. The first kappa shape index (κ1) is 44.4. The summed E-state index contributed by atoms with van der Waals surface area (Å²) in [6.07, 6.45) is 3.54. The average molecular weight is 660 g/mol. The fraction of sp³-hybridized carbons (Fsp3) is 1.00.